The number of halogens is 1. The van der Waals surface area contributed by atoms with Crippen LogP contribution in [-0.2, 0) is 11.2 Å². The minimum Gasteiger partial charge on any atom is -0.370 e. The van der Waals surface area contributed by atoms with Crippen LogP contribution in [-0.4, -0.2) is 39.5 Å². The quantitative estimate of drug-likeness (QED) is 0.591. The lowest BCUT2D eigenvalue weighted by atomic mass is 10.1. The highest BCUT2D eigenvalue weighted by Crippen LogP contribution is 2.31. The number of hydrogen-bond acceptors (Lipinski definition) is 5. The normalized spacial score (nSPS) is 14.0. The van der Waals surface area contributed by atoms with Crippen LogP contribution in [0.4, 0.5) is 11.4 Å². The summed E-state index contributed by atoms with van der Waals surface area (Å²) < 4.78 is 1.60. The Kier molecular flexibility index (Phi) is 6.32. The lowest BCUT2D eigenvalue weighted by Gasteiger charge is -2.30. The Labute approximate surface area is 191 Å². The molecule has 0 unspecified atom stereocenters. The molecule has 4 rings (SSSR count). The van der Waals surface area contributed by atoms with Gasteiger partial charge in [0.2, 0.25) is 5.91 Å². The van der Waals surface area contributed by atoms with Gasteiger partial charge in [0.15, 0.2) is 5.65 Å². The number of nitrogens with two attached hydrogens (primary N) is 1. The van der Waals surface area contributed by atoms with Gasteiger partial charge in [-0.3, -0.25) is 9.59 Å². The lowest BCUT2D eigenvalue weighted by molar-refractivity contribution is -0.116. The predicted octanol–water partition coefficient (Wildman–Crippen LogP) is 3.66. The standard InChI is InChI=1S/C23H27ClN6O2/c1-14-17(15(2)30-23(27-14)18(13-26-30)22(25)32)7-9-21(31)28-19-12-16(24)6-8-20(19)29-10-4-3-5-11-29/h6,8,12-13H,3-5,7,9-11H2,1-2H3,(H2,25,32)(H,28,31). The van der Waals surface area contributed by atoms with Crippen LogP contribution in [0, 0.1) is 13.8 Å². The summed E-state index contributed by atoms with van der Waals surface area (Å²) in [5, 5.41) is 7.88. The lowest BCUT2D eigenvalue weighted by Crippen LogP contribution is -2.30. The number of anilines is 2. The van der Waals surface area contributed by atoms with Gasteiger partial charge in [0.1, 0.15) is 5.56 Å². The zero-order valence-corrected chi connectivity index (χ0v) is 19.1. The first-order valence-corrected chi connectivity index (χ1v) is 11.2. The van der Waals surface area contributed by atoms with Crippen molar-refractivity contribution in [1.82, 2.24) is 14.6 Å². The van der Waals surface area contributed by atoms with Crippen LogP contribution in [0.25, 0.3) is 5.65 Å². The summed E-state index contributed by atoms with van der Waals surface area (Å²) in [6.45, 7) is 5.72. The number of nitrogens with one attached hydrogen (secondary N) is 1. The van der Waals surface area contributed by atoms with Crippen molar-refractivity contribution in [2.45, 2.75) is 46.0 Å². The maximum atomic E-state index is 12.8. The average Bonchev–Trinajstić information content (AvgIpc) is 3.18. The van der Waals surface area contributed by atoms with Gasteiger partial charge in [-0.05, 0) is 63.3 Å². The van der Waals surface area contributed by atoms with Crippen molar-refractivity contribution in [3.05, 3.63) is 51.9 Å². The molecule has 2 aromatic heterocycles. The second-order valence-electron chi connectivity index (χ2n) is 8.18. The van der Waals surface area contributed by atoms with Crippen LogP contribution in [0.2, 0.25) is 5.02 Å². The second-order valence-corrected chi connectivity index (χ2v) is 8.61. The molecule has 1 aromatic carbocycles. The number of benzene rings is 1. The van der Waals surface area contributed by atoms with Gasteiger partial charge < -0.3 is 16.0 Å². The van der Waals surface area contributed by atoms with E-state index in [1.807, 2.05) is 32.0 Å². The van der Waals surface area contributed by atoms with Gasteiger partial charge in [0, 0.05) is 35.9 Å². The maximum absolute atomic E-state index is 12.8. The number of carbonyl (C=O) groups is 2. The Bertz CT molecular complexity index is 1180. The van der Waals surface area contributed by atoms with Crippen molar-refractivity contribution < 1.29 is 9.59 Å². The van der Waals surface area contributed by atoms with Gasteiger partial charge >= 0.3 is 0 Å². The number of nitrogens with zero attached hydrogens (tertiary/aromatic N) is 4. The highest BCUT2D eigenvalue weighted by Gasteiger charge is 2.19. The molecule has 0 aliphatic carbocycles. The SMILES string of the molecule is Cc1nc2c(C(N)=O)cnn2c(C)c1CCC(=O)Nc1cc(Cl)ccc1N1CCCCC1. The van der Waals surface area contributed by atoms with Crippen LogP contribution >= 0.6 is 11.6 Å². The van der Waals surface area contributed by atoms with E-state index in [1.54, 1.807) is 4.52 Å². The van der Waals surface area contributed by atoms with Crippen LogP contribution in [0.15, 0.2) is 24.4 Å². The minimum absolute atomic E-state index is 0.0947. The fourth-order valence-corrected chi connectivity index (χ4v) is 4.49. The van der Waals surface area contributed by atoms with Crippen LogP contribution in [0.5, 0.6) is 0 Å². The molecular weight excluding hydrogens is 428 g/mol. The van der Waals surface area contributed by atoms with Gasteiger partial charge in [0.05, 0.1) is 17.6 Å². The van der Waals surface area contributed by atoms with Crippen molar-refractivity contribution in [3.8, 4) is 0 Å². The van der Waals surface area contributed by atoms with E-state index in [0.717, 1.165) is 54.3 Å². The highest BCUT2D eigenvalue weighted by atomic mass is 35.5. The Balaban J connectivity index is 1.51. The first-order valence-electron chi connectivity index (χ1n) is 10.8. The molecule has 3 aromatic rings. The Morgan fingerprint density at radius 1 is 1.19 bits per heavy atom. The molecule has 3 heterocycles. The van der Waals surface area contributed by atoms with Gasteiger partial charge in [-0.2, -0.15) is 5.10 Å². The van der Waals surface area contributed by atoms with Crippen LogP contribution in [0.3, 0.4) is 0 Å². The number of primary amides is 1. The van der Waals surface area contributed by atoms with Gasteiger partial charge in [0.25, 0.3) is 5.91 Å². The number of piperidine rings is 1. The van der Waals surface area contributed by atoms with Gasteiger partial charge in [-0.15, -0.1) is 0 Å². The number of hydrogen-bond donors (Lipinski definition) is 2. The zero-order chi connectivity index (χ0) is 22.8. The first kappa shape index (κ1) is 22.1. The summed E-state index contributed by atoms with van der Waals surface area (Å²) in [7, 11) is 0. The van der Waals surface area contributed by atoms with E-state index in [2.05, 4.69) is 20.3 Å². The molecule has 1 aliphatic rings. The molecule has 0 saturated carbocycles. The molecule has 3 N–H and O–H groups in total. The van der Waals surface area contributed by atoms with Crippen molar-refractivity contribution >= 4 is 40.4 Å². The maximum Gasteiger partial charge on any atom is 0.254 e. The second kappa shape index (κ2) is 9.16. The summed E-state index contributed by atoms with van der Waals surface area (Å²) in [5.41, 5.74) is 10.4. The molecule has 0 bridgehead atoms. The number of amides is 2. The Morgan fingerprint density at radius 2 is 1.94 bits per heavy atom. The molecule has 168 valence electrons. The summed E-state index contributed by atoms with van der Waals surface area (Å²) in [5.74, 6) is -0.660. The molecule has 0 radical (unpaired) electrons. The molecule has 9 heteroatoms. The number of rotatable bonds is 6. The minimum atomic E-state index is -0.565. The fourth-order valence-electron chi connectivity index (χ4n) is 4.32. The number of carbonyl (C=O) groups excluding carboxylic acids is 2. The van der Waals surface area contributed by atoms with Gasteiger partial charge in [-0.1, -0.05) is 11.6 Å². The molecule has 1 fully saturated rings. The molecule has 0 spiro atoms. The molecule has 1 saturated heterocycles. The van der Waals surface area contributed by atoms with Gasteiger partial charge in [-0.25, -0.2) is 9.50 Å². The van der Waals surface area contributed by atoms with Crippen LogP contribution in [0.1, 0.15) is 53.0 Å². The first-order chi connectivity index (χ1) is 15.3. The Hall–Kier alpha value is -3.13. The number of aryl methyl sites for hydroxylation is 2. The van der Waals surface area contributed by atoms with E-state index >= 15 is 0 Å². The third kappa shape index (κ3) is 4.41. The van der Waals surface area contributed by atoms with Crippen molar-refractivity contribution in [2.75, 3.05) is 23.3 Å². The molecule has 8 nitrogen and oxygen atoms in total. The third-order valence-electron chi connectivity index (χ3n) is 6.01. The summed E-state index contributed by atoms with van der Waals surface area (Å²) in [6, 6.07) is 5.64. The number of aromatic nitrogens is 3. The summed E-state index contributed by atoms with van der Waals surface area (Å²) in [6.07, 6.45) is 5.74. The molecule has 2 amide bonds. The molecular formula is C23H27ClN6O2. The van der Waals surface area contributed by atoms with Crippen molar-refractivity contribution in [2.24, 2.45) is 5.73 Å². The van der Waals surface area contributed by atoms with Crippen molar-refractivity contribution in [1.29, 1.82) is 0 Å². The van der Waals surface area contributed by atoms with E-state index in [9.17, 15) is 9.59 Å². The zero-order valence-electron chi connectivity index (χ0n) is 18.3. The molecule has 0 atom stereocenters. The van der Waals surface area contributed by atoms with E-state index in [1.165, 1.54) is 12.6 Å². The average molecular weight is 455 g/mol. The summed E-state index contributed by atoms with van der Waals surface area (Å²) in [4.78, 5) is 31.2. The largest absolute Gasteiger partial charge is 0.370 e. The van der Waals surface area contributed by atoms with Crippen molar-refractivity contribution in [3.63, 3.8) is 0 Å². The predicted molar refractivity (Wildman–Crippen MR) is 125 cm³/mol. The molecule has 1 aliphatic heterocycles. The fraction of sp³-hybridized carbons (Fsp3) is 0.391. The molecule has 32 heavy (non-hydrogen) atoms. The topological polar surface area (TPSA) is 106 Å². The van der Waals surface area contributed by atoms with E-state index < -0.39 is 5.91 Å². The van der Waals surface area contributed by atoms with E-state index in [0.29, 0.717) is 17.1 Å². The Morgan fingerprint density at radius 3 is 2.66 bits per heavy atom. The smallest absolute Gasteiger partial charge is 0.254 e. The highest BCUT2D eigenvalue weighted by molar-refractivity contribution is 6.31. The van der Waals surface area contributed by atoms with Crippen LogP contribution < -0.4 is 16.0 Å². The number of fused-ring (bicyclic) bond motifs is 1. The monoisotopic (exact) mass is 454 g/mol. The van der Waals surface area contributed by atoms with E-state index in [-0.39, 0.29) is 17.9 Å². The van der Waals surface area contributed by atoms with E-state index in [4.69, 9.17) is 17.3 Å². The third-order valence-corrected chi connectivity index (χ3v) is 6.24. The summed E-state index contributed by atoms with van der Waals surface area (Å²) >= 11 is 6.21.